The second-order valence-corrected chi connectivity index (χ2v) is 10.5. The highest BCUT2D eigenvalue weighted by Gasteiger charge is 2.39. The van der Waals surface area contributed by atoms with Crippen LogP contribution in [0.2, 0.25) is 0 Å². The molecule has 0 N–H and O–H groups in total. The predicted octanol–water partition coefficient (Wildman–Crippen LogP) is 8.11. The van der Waals surface area contributed by atoms with Crippen LogP contribution in [0.3, 0.4) is 0 Å². The van der Waals surface area contributed by atoms with E-state index in [1.807, 2.05) is 59.2 Å². The summed E-state index contributed by atoms with van der Waals surface area (Å²) in [6.07, 6.45) is 8.73. The Labute approximate surface area is 235 Å². The van der Waals surface area contributed by atoms with Crippen LogP contribution in [0.25, 0.3) is 50.3 Å². The van der Waals surface area contributed by atoms with Gasteiger partial charge < -0.3 is 9.32 Å². The molecule has 0 bridgehead atoms. The molecule has 41 heavy (non-hydrogen) atoms. The number of allylic oxidation sites excluding steroid dienone is 2. The molecule has 4 aromatic carbocycles. The van der Waals surface area contributed by atoms with Crippen molar-refractivity contribution in [1.29, 1.82) is 0 Å². The van der Waals surface area contributed by atoms with E-state index >= 15 is 0 Å². The topological polar surface area (TPSA) is 60.0 Å². The van der Waals surface area contributed by atoms with E-state index in [0.29, 0.717) is 17.7 Å². The first-order valence-corrected chi connectivity index (χ1v) is 13.8. The average Bonchev–Trinajstić information content (AvgIpc) is 3.68. The van der Waals surface area contributed by atoms with Crippen LogP contribution in [0.15, 0.2) is 132 Å². The third-order valence-corrected chi connectivity index (χ3v) is 8.21. The van der Waals surface area contributed by atoms with Crippen molar-refractivity contribution in [2.75, 3.05) is 4.90 Å². The highest BCUT2D eigenvalue weighted by molar-refractivity contribution is 6.19. The zero-order valence-electron chi connectivity index (χ0n) is 21.9. The quantitative estimate of drug-likeness (QED) is 0.231. The van der Waals surface area contributed by atoms with Crippen molar-refractivity contribution in [2.45, 2.75) is 12.0 Å². The molecule has 0 saturated carbocycles. The van der Waals surface area contributed by atoms with Gasteiger partial charge in [-0.2, -0.15) is 15.0 Å². The van der Waals surface area contributed by atoms with Crippen molar-refractivity contribution in [3.8, 4) is 17.3 Å². The van der Waals surface area contributed by atoms with Crippen LogP contribution in [0.1, 0.15) is 11.5 Å². The summed E-state index contributed by atoms with van der Waals surface area (Å²) < 4.78 is 8.54. The molecule has 6 nitrogen and oxygen atoms in total. The molecule has 0 saturated heterocycles. The van der Waals surface area contributed by atoms with Gasteiger partial charge in [0.2, 0.25) is 17.6 Å². The molecule has 0 amide bonds. The van der Waals surface area contributed by atoms with Gasteiger partial charge in [0.05, 0.1) is 16.9 Å². The third kappa shape index (κ3) is 3.22. The number of aromatic nitrogens is 4. The van der Waals surface area contributed by atoms with E-state index in [1.54, 1.807) is 0 Å². The number of hydrogen-bond acceptors (Lipinski definition) is 5. The van der Waals surface area contributed by atoms with Crippen LogP contribution < -0.4 is 4.90 Å². The molecule has 1 aliphatic heterocycles. The van der Waals surface area contributed by atoms with Crippen LogP contribution in [0.5, 0.6) is 0 Å². The highest BCUT2D eigenvalue weighted by atomic mass is 16.3. The van der Waals surface area contributed by atoms with Crippen molar-refractivity contribution < 1.29 is 4.42 Å². The molecule has 2 aliphatic rings. The molecule has 194 valence electrons. The standard InChI is InChI=1S/C35H23N5O/c1-2-12-22(13-3-1)32-36-34(39-27-18-8-4-14-23(27)24-15-5-9-19-28(24)39)38-35(37-32)40-29-20-10-6-16-25(29)31-26-17-7-11-21-30(26)41-33(31)40/h1-21,23,27H. The fourth-order valence-corrected chi connectivity index (χ4v) is 6.44. The van der Waals surface area contributed by atoms with E-state index < -0.39 is 0 Å². The second kappa shape index (κ2) is 8.50. The van der Waals surface area contributed by atoms with Crippen LogP contribution in [-0.4, -0.2) is 25.6 Å². The SMILES string of the molecule is C1=CC2c3ccccc3N(c3nc(-c4ccccc4)nc(-n4c5ccccc5c5c6ccccc6oc54)n3)C2C=C1. The number of para-hydroxylation sites is 3. The largest absolute Gasteiger partial charge is 0.439 e. The number of fused-ring (bicyclic) bond motifs is 8. The Morgan fingerprint density at radius 1 is 0.634 bits per heavy atom. The highest BCUT2D eigenvalue weighted by Crippen LogP contribution is 2.47. The van der Waals surface area contributed by atoms with Crippen LogP contribution >= 0.6 is 0 Å². The zero-order chi connectivity index (χ0) is 26.9. The first kappa shape index (κ1) is 22.3. The van der Waals surface area contributed by atoms with Gasteiger partial charge in [0.25, 0.3) is 0 Å². The van der Waals surface area contributed by atoms with Crippen molar-refractivity contribution in [3.63, 3.8) is 0 Å². The molecule has 0 spiro atoms. The molecular formula is C35H23N5O. The maximum absolute atomic E-state index is 6.50. The number of furan rings is 1. The van der Waals surface area contributed by atoms with Gasteiger partial charge >= 0.3 is 0 Å². The minimum absolute atomic E-state index is 0.0731. The van der Waals surface area contributed by atoms with E-state index in [0.717, 1.165) is 44.2 Å². The van der Waals surface area contributed by atoms with E-state index in [1.165, 1.54) is 5.56 Å². The summed E-state index contributed by atoms with van der Waals surface area (Å²) in [7, 11) is 0. The number of rotatable bonds is 3. The Bertz CT molecular complexity index is 2190. The maximum atomic E-state index is 6.50. The summed E-state index contributed by atoms with van der Waals surface area (Å²) in [5.74, 6) is 1.97. The Balaban J connectivity index is 1.35. The van der Waals surface area contributed by atoms with Crippen LogP contribution in [-0.2, 0) is 0 Å². The van der Waals surface area contributed by atoms with Gasteiger partial charge in [-0.3, -0.25) is 0 Å². The first-order chi connectivity index (χ1) is 20.3. The van der Waals surface area contributed by atoms with Crippen LogP contribution in [0.4, 0.5) is 11.6 Å². The van der Waals surface area contributed by atoms with Crippen molar-refractivity contribution in [3.05, 3.63) is 133 Å². The first-order valence-electron chi connectivity index (χ1n) is 13.8. The maximum Gasteiger partial charge on any atom is 0.242 e. The third-order valence-electron chi connectivity index (χ3n) is 8.21. The molecule has 0 fully saturated rings. The monoisotopic (exact) mass is 529 g/mol. The van der Waals surface area contributed by atoms with Gasteiger partial charge in [-0.05, 0) is 23.8 Å². The molecular weight excluding hydrogens is 506 g/mol. The number of hydrogen-bond donors (Lipinski definition) is 0. The minimum atomic E-state index is 0.0731. The molecule has 1 aliphatic carbocycles. The minimum Gasteiger partial charge on any atom is -0.439 e. The van der Waals surface area contributed by atoms with E-state index in [4.69, 9.17) is 19.4 Å². The molecule has 7 aromatic rings. The van der Waals surface area contributed by atoms with Gasteiger partial charge in [0.1, 0.15) is 5.58 Å². The zero-order valence-corrected chi connectivity index (χ0v) is 21.9. The summed E-state index contributed by atoms with van der Waals surface area (Å²) in [4.78, 5) is 17.6. The van der Waals surface area contributed by atoms with Crippen molar-refractivity contribution >= 4 is 44.6 Å². The lowest BCUT2D eigenvalue weighted by atomic mass is 9.92. The fourth-order valence-electron chi connectivity index (χ4n) is 6.44. The smallest absolute Gasteiger partial charge is 0.242 e. The summed E-state index contributed by atoms with van der Waals surface area (Å²) in [6, 6.07) is 35.2. The van der Waals surface area contributed by atoms with Crippen LogP contribution in [0, 0.1) is 0 Å². The number of nitrogens with zero attached hydrogens (tertiary/aromatic N) is 5. The normalized spacial score (nSPS) is 17.5. The predicted molar refractivity (Wildman–Crippen MR) is 163 cm³/mol. The second-order valence-electron chi connectivity index (χ2n) is 10.5. The van der Waals surface area contributed by atoms with E-state index in [-0.39, 0.29) is 12.0 Å². The lowest BCUT2D eigenvalue weighted by Crippen LogP contribution is -2.30. The summed E-state index contributed by atoms with van der Waals surface area (Å²) in [5, 5.41) is 3.24. The fraction of sp³-hybridized carbons (Fsp3) is 0.0571. The molecule has 2 atom stereocenters. The number of anilines is 2. The van der Waals surface area contributed by atoms with E-state index in [2.05, 4.69) is 77.7 Å². The van der Waals surface area contributed by atoms with Crippen molar-refractivity contribution in [1.82, 2.24) is 19.5 Å². The van der Waals surface area contributed by atoms with Gasteiger partial charge in [0.15, 0.2) is 5.82 Å². The summed E-state index contributed by atoms with van der Waals surface area (Å²) in [6.45, 7) is 0. The van der Waals surface area contributed by atoms with Gasteiger partial charge in [-0.25, -0.2) is 4.57 Å². The molecule has 9 rings (SSSR count). The Kier molecular flexibility index (Phi) is 4.63. The molecule has 4 heterocycles. The molecule has 3 aromatic heterocycles. The average molecular weight is 530 g/mol. The number of benzene rings is 4. The Morgan fingerprint density at radius 3 is 2.29 bits per heavy atom. The lowest BCUT2D eigenvalue weighted by molar-refractivity contribution is 0.640. The van der Waals surface area contributed by atoms with E-state index in [9.17, 15) is 0 Å². The van der Waals surface area contributed by atoms with Gasteiger partial charge in [-0.15, -0.1) is 0 Å². The lowest BCUT2D eigenvalue weighted by Gasteiger charge is -2.27. The molecule has 2 unspecified atom stereocenters. The Hall–Kier alpha value is -5.49. The molecule has 0 radical (unpaired) electrons. The summed E-state index contributed by atoms with van der Waals surface area (Å²) >= 11 is 0. The van der Waals surface area contributed by atoms with Gasteiger partial charge in [0, 0.05) is 27.9 Å². The summed E-state index contributed by atoms with van der Waals surface area (Å²) in [5.41, 5.74) is 5.86. The van der Waals surface area contributed by atoms with Crippen molar-refractivity contribution in [2.24, 2.45) is 0 Å². The molecule has 6 heteroatoms. The van der Waals surface area contributed by atoms with Gasteiger partial charge in [-0.1, -0.05) is 109 Å². The Morgan fingerprint density at radius 2 is 1.37 bits per heavy atom.